The lowest BCUT2D eigenvalue weighted by Crippen LogP contribution is -2.50. The molecule has 1 nitrogen and oxygen atoms in total. The van der Waals surface area contributed by atoms with Crippen LogP contribution < -0.4 is 5.32 Å². The van der Waals surface area contributed by atoms with Crippen molar-refractivity contribution in [1.29, 1.82) is 0 Å². The van der Waals surface area contributed by atoms with Gasteiger partial charge in [-0.1, -0.05) is 52.9 Å². The Balaban J connectivity index is 2.28. The van der Waals surface area contributed by atoms with Crippen LogP contribution in [-0.2, 0) is 0 Å². The van der Waals surface area contributed by atoms with Crippen LogP contribution in [0.1, 0.15) is 65.7 Å². The van der Waals surface area contributed by atoms with Gasteiger partial charge in [0.25, 0.3) is 0 Å². The van der Waals surface area contributed by atoms with Crippen molar-refractivity contribution in [3.05, 3.63) is 0 Å². The molecule has 1 unspecified atom stereocenters. The van der Waals surface area contributed by atoms with E-state index in [1.165, 1.54) is 58.0 Å². The van der Waals surface area contributed by atoms with Gasteiger partial charge >= 0.3 is 0 Å². The molecule has 0 aromatic carbocycles. The molecular weight excluding hydrogens is 182 g/mol. The zero-order valence-electron chi connectivity index (χ0n) is 10.9. The van der Waals surface area contributed by atoms with Crippen molar-refractivity contribution in [1.82, 2.24) is 5.32 Å². The van der Waals surface area contributed by atoms with Crippen molar-refractivity contribution in [2.24, 2.45) is 11.3 Å². The number of unbranched alkanes of at least 4 members (excludes halogenated alkanes) is 3. The van der Waals surface area contributed by atoms with Crippen LogP contribution in [0, 0.1) is 11.3 Å². The van der Waals surface area contributed by atoms with E-state index in [1.54, 1.807) is 0 Å². The molecule has 0 spiro atoms. The first-order valence-corrected chi connectivity index (χ1v) is 6.93. The fraction of sp³-hybridized carbons (Fsp3) is 1.00. The van der Waals surface area contributed by atoms with Gasteiger partial charge in [-0.3, -0.25) is 0 Å². The Morgan fingerprint density at radius 3 is 2.20 bits per heavy atom. The van der Waals surface area contributed by atoms with Crippen molar-refractivity contribution in [3.63, 3.8) is 0 Å². The lowest BCUT2D eigenvalue weighted by Gasteiger charge is -2.44. The van der Waals surface area contributed by atoms with Gasteiger partial charge in [0, 0.05) is 0 Å². The Kier molecular flexibility index (Phi) is 5.66. The van der Waals surface area contributed by atoms with Crippen LogP contribution in [0.3, 0.4) is 0 Å². The molecule has 90 valence electrons. The predicted octanol–water partition coefficient (Wildman–Crippen LogP) is 3.98. The van der Waals surface area contributed by atoms with Crippen molar-refractivity contribution in [2.75, 3.05) is 13.1 Å². The van der Waals surface area contributed by atoms with Gasteiger partial charge in [0.05, 0.1) is 0 Å². The Morgan fingerprint density at radius 1 is 1.00 bits per heavy atom. The first-order valence-electron chi connectivity index (χ1n) is 6.93. The third-order valence-corrected chi connectivity index (χ3v) is 4.19. The van der Waals surface area contributed by atoms with E-state index in [1.807, 2.05) is 0 Å². The second kappa shape index (κ2) is 6.52. The van der Waals surface area contributed by atoms with Gasteiger partial charge in [0.15, 0.2) is 0 Å². The normalized spacial score (nSPS) is 21.0. The van der Waals surface area contributed by atoms with Crippen LogP contribution in [0.15, 0.2) is 0 Å². The van der Waals surface area contributed by atoms with Gasteiger partial charge in [-0.15, -0.1) is 0 Å². The molecule has 1 aliphatic heterocycles. The van der Waals surface area contributed by atoms with E-state index in [0.29, 0.717) is 5.41 Å². The third-order valence-electron chi connectivity index (χ3n) is 4.19. The van der Waals surface area contributed by atoms with Crippen LogP contribution in [-0.4, -0.2) is 13.1 Å². The molecule has 1 atom stereocenters. The molecule has 1 N–H and O–H groups in total. The molecule has 1 saturated heterocycles. The van der Waals surface area contributed by atoms with Crippen LogP contribution in [0.2, 0.25) is 0 Å². The molecule has 1 aliphatic rings. The summed E-state index contributed by atoms with van der Waals surface area (Å²) in [6, 6.07) is 0. The molecule has 0 aliphatic carbocycles. The molecule has 1 heterocycles. The molecule has 0 bridgehead atoms. The highest BCUT2D eigenvalue weighted by atomic mass is 15.0. The maximum atomic E-state index is 3.43. The summed E-state index contributed by atoms with van der Waals surface area (Å²) in [5.41, 5.74) is 0.633. The van der Waals surface area contributed by atoms with Gasteiger partial charge in [0.1, 0.15) is 0 Å². The first-order chi connectivity index (χ1) is 7.23. The summed E-state index contributed by atoms with van der Waals surface area (Å²) >= 11 is 0. The summed E-state index contributed by atoms with van der Waals surface area (Å²) < 4.78 is 0. The average molecular weight is 211 g/mol. The minimum absolute atomic E-state index is 0.633. The molecule has 0 aromatic rings. The Hall–Kier alpha value is -0.0400. The summed E-state index contributed by atoms with van der Waals surface area (Å²) in [5.74, 6) is 0.957. The van der Waals surface area contributed by atoms with Crippen LogP contribution in [0.25, 0.3) is 0 Å². The molecule has 0 amide bonds. The van der Waals surface area contributed by atoms with Gasteiger partial charge in [0.2, 0.25) is 0 Å². The van der Waals surface area contributed by atoms with Crippen molar-refractivity contribution in [3.8, 4) is 0 Å². The molecule has 1 heteroatoms. The van der Waals surface area contributed by atoms with Gasteiger partial charge in [-0.2, -0.15) is 0 Å². The standard InChI is InChI=1S/C14H29N/c1-4-6-7-8-10-14(3,9-5-2)13-11-15-12-13/h13,15H,4-12H2,1-3H3. The summed E-state index contributed by atoms with van der Waals surface area (Å²) in [4.78, 5) is 0. The fourth-order valence-corrected chi connectivity index (χ4v) is 2.84. The Labute approximate surface area is 96.0 Å². The molecule has 15 heavy (non-hydrogen) atoms. The fourth-order valence-electron chi connectivity index (χ4n) is 2.84. The number of hydrogen-bond donors (Lipinski definition) is 1. The number of hydrogen-bond acceptors (Lipinski definition) is 1. The van der Waals surface area contributed by atoms with E-state index in [9.17, 15) is 0 Å². The Bertz CT molecular complexity index is 163. The second-order valence-electron chi connectivity index (χ2n) is 5.57. The van der Waals surface area contributed by atoms with Gasteiger partial charge < -0.3 is 5.32 Å². The Morgan fingerprint density at radius 2 is 1.73 bits per heavy atom. The SMILES string of the molecule is CCCCCCC(C)(CCC)C1CNC1. The van der Waals surface area contributed by atoms with Crippen LogP contribution >= 0.6 is 0 Å². The second-order valence-corrected chi connectivity index (χ2v) is 5.57. The van der Waals surface area contributed by atoms with Crippen LogP contribution in [0.4, 0.5) is 0 Å². The summed E-state index contributed by atoms with van der Waals surface area (Å²) in [6.45, 7) is 9.68. The minimum Gasteiger partial charge on any atom is -0.316 e. The summed E-state index contributed by atoms with van der Waals surface area (Å²) in [5, 5.41) is 3.43. The number of nitrogens with one attached hydrogen (secondary N) is 1. The third kappa shape index (κ3) is 3.79. The summed E-state index contributed by atoms with van der Waals surface area (Å²) in [6.07, 6.45) is 9.89. The first kappa shape index (κ1) is 13.0. The monoisotopic (exact) mass is 211 g/mol. The smallest absolute Gasteiger partial charge is 0.000302 e. The summed E-state index contributed by atoms with van der Waals surface area (Å²) in [7, 11) is 0. The van der Waals surface area contributed by atoms with Gasteiger partial charge in [-0.25, -0.2) is 0 Å². The molecule has 1 rings (SSSR count). The lowest BCUT2D eigenvalue weighted by atomic mass is 9.68. The maximum absolute atomic E-state index is 3.43. The van der Waals surface area contributed by atoms with E-state index in [-0.39, 0.29) is 0 Å². The lowest BCUT2D eigenvalue weighted by molar-refractivity contribution is 0.0969. The zero-order valence-corrected chi connectivity index (χ0v) is 10.9. The van der Waals surface area contributed by atoms with Crippen molar-refractivity contribution < 1.29 is 0 Å². The predicted molar refractivity (Wildman–Crippen MR) is 68.1 cm³/mol. The van der Waals surface area contributed by atoms with E-state index < -0.39 is 0 Å². The largest absolute Gasteiger partial charge is 0.316 e. The van der Waals surface area contributed by atoms with E-state index in [4.69, 9.17) is 0 Å². The highest BCUT2D eigenvalue weighted by Gasteiger charge is 2.36. The minimum atomic E-state index is 0.633. The average Bonchev–Trinajstić information content (AvgIpc) is 2.10. The van der Waals surface area contributed by atoms with E-state index >= 15 is 0 Å². The van der Waals surface area contributed by atoms with E-state index in [0.717, 1.165) is 5.92 Å². The molecule has 0 aromatic heterocycles. The molecule has 0 saturated carbocycles. The highest BCUT2D eigenvalue weighted by molar-refractivity contribution is 4.90. The van der Waals surface area contributed by atoms with Crippen molar-refractivity contribution in [2.45, 2.75) is 65.7 Å². The van der Waals surface area contributed by atoms with E-state index in [2.05, 4.69) is 26.1 Å². The quantitative estimate of drug-likeness (QED) is 0.599. The zero-order chi connectivity index (χ0) is 11.1. The highest BCUT2D eigenvalue weighted by Crippen LogP contribution is 2.39. The van der Waals surface area contributed by atoms with Gasteiger partial charge in [-0.05, 0) is 37.3 Å². The molecule has 1 fully saturated rings. The molecule has 0 radical (unpaired) electrons. The number of rotatable bonds is 8. The molecular formula is C14H29N. The van der Waals surface area contributed by atoms with Crippen molar-refractivity contribution >= 4 is 0 Å². The maximum Gasteiger partial charge on any atom is -0.000302 e. The topological polar surface area (TPSA) is 12.0 Å². The van der Waals surface area contributed by atoms with Crippen LogP contribution in [0.5, 0.6) is 0 Å².